The van der Waals surface area contributed by atoms with Crippen LogP contribution < -0.4 is 10.5 Å². The largest absolute Gasteiger partial charge is 0.484 e. The number of aromatic nitrogens is 1. The maximum atomic E-state index is 6.05. The fourth-order valence-corrected chi connectivity index (χ4v) is 2.20. The zero-order valence-corrected chi connectivity index (χ0v) is 12.1. The lowest BCUT2D eigenvalue weighted by atomic mass is 10.1. The van der Waals surface area contributed by atoms with Gasteiger partial charge in [0.1, 0.15) is 11.9 Å². The molecule has 0 spiro atoms. The Morgan fingerprint density at radius 1 is 1.10 bits per heavy atom. The highest BCUT2D eigenvalue weighted by atomic mass is 16.5. The molecule has 0 amide bonds. The van der Waals surface area contributed by atoms with Crippen molar-refractivity contribution in [2.75, 3.05) is 0 Å². The predicted octanol–water partition coefficient (Wildman–Crippen LogP) is 3.50. The number of ether oxygens (including phenoxy) is 1. The minimum absolute atomic E-state index is 0.0901. The Balaban J connectivity index is 2.12. The van der Waals surface area contributed by atoms with Crippen LogP contribution in [0.25, 0.3) is 0 Å². The summed E-state index contributed by atoms with van der Waals surface area (Å²) in [6, 6.07) is 12.1. The van der Waals surface area contributed by atoms with Crippen LogP contribution in [0, 0.1) is 0 Å². The third-order valence-corrected chi connectivity index (χ3v) is 3.24. The maximum Gasteiger partial charge on any atom is 0.139 e. The van der Waals surface area contributed by atoms with Crippen molar-refractivity contribution in [3.63, 3.8) is 0 Å². The van der Waals surface area contributed by atoms with Gasteiger partial charge in [0, 0.05) is 18.4 Å². The van der Waals surface area contributed by atoms with Crippen LogP contribution in [0.15, 0.2) is 48.8 Å². The van der Waals surface area contributed by atoms with Crippen molar-refractivity contribution in [3.05, 3.63) is 59.9 Å². The number of benzene rings is 1. The summed E-state index contributed by atoms with van der Waals surface area (Å²) in [4.78, 5) is 4.03. The molecule has 0 radical (unpaired) electrons. The van der Waals surface area contributed by atoms with E-state index in [0.29, 0.717) is 0 Å². The lowest BCUT2D eigenvalue weighted by molar-refractivity contribution is 0.180. The summed E-state index contributed by atoms with van der Waals surface area (Å²) in [5, 5.41) is 0. The highest BCUT2D eigenvalue weighted by molar-refractivity contribution is 5.29. The lowest BCUT2D eigenvalue weighted by Gasteiger charge is -2.23. The lowest BCUT2D eigenvalue weighted by Crippen LogP contribution is -2.29. The van der Waals surface area contributed by atoms with E-state index in [4.69, 9.17) is 10.5 Å². The second-order valence-corrected chi connectivity index (χ2v) is 5.07. The van der Waals surface area contributed by atoms with Crippen LogP contribution in [0.3, 0.4) is 0 Å². The van der Waals surface area contributed by atoms with E-state index in [2.05, 4.69) is 24.0 Å². The summed E-state index contributed by atoms with van der Waals surface area (Å²) >= 11 is 0. The standard InChI is InChI=1S/C17H22N2O/c1-3-4-14-5-7-16(8-6-14)20-17(13(2)18)15-9-11-19-12-10-15/h5-13,17H,3-4,18H2,1-2H3. The Kier molecular flexibility index (Phi) is 5.13. The van der Waals surface area contributed by atoms with Crippen molar-refractivity contribution in [2.45, 2.75) is 38.8 Å². The highest BCUT2D eigenvalue weighted by Crippen LogP contribution is 2.24. The van der Waals surface area contributed by atoms with Crippen molar-refractivity contribution in [1.29, 1.82) is 0 Å². The number of aryl methyl sites for hydroxylation is 1. The van der Waals surface area contributed by atoms with E-state index in [1.54, 1.807) is 12.4 Å². The van der Waals surface area contributed by atoms with Crippen LogP contribution >= 0.6 is 0 Å². The first kappa shape index (κ1) is 14.5. The first-order valence-electron chi connectivity index (χ1n) is 7.11. The van der Waals surface area contributed by atoms with E-state index in [-0.39, 0.29) is 12.1 Å². The molecule has 2 N–H and O–H groups in total. The molecule has 0 aliphatic rings. The Labute approximate surface area is 120 Å². The molecule has 2 rings (SSSR count). The number of nitrogens with two attached hydrogens (primary N) is 1. The van der Waals surface area contributed by atoms with Crippen molar-refractivity contribution >= 4 is 0 Å². The topological polar surface area (TPSA) is 48.1 Å². The molecule has 2 unspecified atom stereocenters. The van der Waals surface area contributed by atoms with Crippen molar-refractivity contribution in [2.24, 2.45) is 5.73 Å². The molecule has 0 aliphatic heterocycles. The normalized spacial score (nSPS) is 13.8. The van der Waals surface area contributed by atoms with E-state index in [1.165, 1.54) is 5.56 Å². The van der Waals surface area contributed by atoms with Crippen molar-refractivity contribution < 1.29 is 4.74 Å². The number of nitrogens with zero attached hydrogens (tertiary/aromatic N) is 1. The first-order chi connectivity index (χ1) is 9.70. The van der Waals surface area contributed by atoms with Gasteiger partial charge in [0.25, 0.3) is 0 Å². The molecule has 0 saturated heterocycles. The fourth-order valence-electron chi connectivity index (χ4n) is 2.20. The number of hydrogen-bond acceptors (Lipinski definition) is 3. The monoisotopic (exact) mass is 270 g/mol. The van der Waals surface area contributed by atoms with Gasteiger partial charge in [-0.15, -0.1) is 0 Å². The van der Waals surface area contributed by atoms with E-state index in [1.807, 2.05) is 31.2 Å². The van der Waals surface area contributed by atoms with Gasteiger partial charge in [0.05, 0.1) is 0 Å². The average molecular weight is 270 g/mol. The van der Waals surface area contributed by atoms with Crippen molar-refractivity contribution in [3.8, 4) is 5.75 Å². The molecule has 1 heterocycles. The maximum absolute atomic E-state index is 6.05. The highest BCUT2D eigenvalue weighted by Gasteiger charge is 2.18. The second kappa shape index (κ2) is 7.06. The molecule has 1 aromatic carbocycles. The van der Waals surface area contributed by atoms with Gasteiger partial charge in [-0.05, 0) is 48.7 Å². The van der Waals surface area contributed by atoms with E-state index in [9.17, 15) is 0 Å². The molecule has 0 aliphatic carbocycles. The van der Waals surface area contributed by atoms with Crippen molar-refractivity contribution in [1.82, 2.24) is 4.98 Å². The van der Waals surface area contributed by atoms with Gasteiger partial charge in [-0.3, -0.25) is 4.98 Å². The summed E-state index contributed by atoms with van der Waals surface area (Å²) in [5.74, 6) is 0.851. The summed E-state index contributed by atoms with van der Waals surface area (Å²) in [6.07, 6.45) is 5.62. The second-order valence-electron chi connectivity index (χ2n) is 5.07. The Morgan fingerprint density at radius 3 is 2.30 bits per heavy atom. The first-order valence-corrected chi connectivity index (χ1v) is 7.11. The van der Waals surface area contributed by atoms with E-state index < -0.39 is 0 Å². The number of rotatable bonds is 6. The van der Waals surface area contributed by atoms with Crippen LogP contribution in [-0.2, 0) is 6.42 Å². The number of hydrogen-bond donors (Lipinski definition) is 1. The molecule has 1 aromatic heterocycles. The smallest absolute Gasteiger partial charge is 0.139 e. The molecular formula is C17H22N2O. The summed E-state index contributed by atoms with van der Waals surface area (Å²) in [5.41, 5.74) is 8.43. The molecule has 0 bridgehead atoms. The van der Waals surface area contributed by atoms with E-state index >= 15 is 0 Å². The molecule has 3 heteroatoms. The predicted molar refractivity (Wildman–Crippen MR) is 81.7 cm³/mol. The van der Waals surface area contributed by atoms with Gasteiger partial charge in [-0.25, -0.2) is 0 Å². The molecule has 20 heavy (non-hydrogen) atoms. The zero-order valence-electron chi connectivity index (χ0n) is 12.1. The minimum Gasteiger partial charge on any atom is -0.484 e. The van der Waals surface area contributed by atoms with Crippen LogP contribution in [0.4, 0.5) is 0 Å². The van der Waals surface area contributed by atoms with Gasteiger partial charge in [0.15, 0.2) is 0 Å². The molecule has 0 fully saturated rings. The zero-order chi connectivity index (χ0) is 14.4. The third-order valence-electron chi connectivity index (χ3n) is 3.24. The molecule has 3 nitrogen and oxygen atoms in total. The Morgan fingerprint density at radius 2 is 1.75 bits per heavy atom. The average Bonchev–Trinajstić information content (AvgIpc) is 2.47. The summed E-state index contributed by atoms with van der Waals surface area (Å²) < 4.78 is 6.04. The van der Waals surface area contributed by atoms with Crippen LogP contribution in [-0.4, -0.2) is 11.0 Å². The number of pyridine rings is 1. The van der Waals surface area contributed by atoms with Crippen LogP contribution in [0.2, 0.25) is 0 Å². The third kappa shape index (κ3) is 3.81. The molecule has 2 atom stereocenters. The van der Waals surface area contributed by atoms with Gasteiger partial charge in [0.2, 0.25) is 0 Å². The van der Waals surface area contributed by atoms with Gasteiger partial charge < -0.3 is 10.5 Å². The van der Waals surface area contributed by atoms with Crippen LogP contribution in [0.1, 0.15) is 37.5 Å². The molecule has 0 saturated carbocycles. The molecular weight excluding hydrogens is 248 g/mol. The summed E-state index contributed by atoms with van der Waals surface area (Å²) in [7, 11) is 0. The Bertz CT molecular complexity index is 508. The van der Waals surface area contributed by atoms with Gasteiger partial charge in [-0.1, -0.05) is 25.5 Å². The molecule has 106 valence electrons. The van der Waals surface area contributed by atoms with Gasteiger partial charge in [-0.2, -0.15) is 0 Å². The van der Waals surface area contributed by atoms with Gasteiger partial charge >= 0.3 is 0 Å². The molecule has 2 aromatic rings. The SMILES string of the molecule is CCCc1ccc(OC(c2ccncc2)C(C)N)cc1. The van der Waals surface area contributed by atoms with E-state index in [0.717, 1.165) is 24.2 Å². The quantitative estimate of drug-likeness (QED) is 0.874. The fraction of sp³-hybridized carbons (Fsp3) is 0.353. The van der Waals surface area contributed by atoms with Crippen LogP contribution in [0.5, 0.6) is 5.75 Å². The minimum atomic E-state index is -0.157. The summed E-state index contributed by atoms with van der Waals surface area (Å²) in [6.45, 7) is 4.14. The Hall–Kier alpha value is -1.87.